The predicted molar refractivity (Wildman–Crippen MR) is 127 cm³/mol. The van der Waals surface area contributed by atoms with Crippen LogP contribution in [0.4, 0.5) is 18.9 Å². The molecule has 4 aromatic rings. The van der Waals surface area contributed by atoms with Gasteiger partial charge in [-0.1, -0.05) is 66.7 Å². The molecule has 0 aliphatic rings. The van der Waals surface area contributed by atoms with E-state index >= 15 is 0 Å². The number of carbonyl (C=O) groups excluding carboxylic acids is 1. The minimum atomic E-state index is -4.87. The van der Waals surface area contributed by atoms with E-state index in [2.05, 4.69) is 4.98 Å². The van der Waals surface area contributed by atoms with Crippen molar-refractivity contribution in [3.05, 3.63) is 120 Å². The first-order valence-electron chi connectivity index (χ1n) is 11.0. The summed E-state index contributed by atoms with van der Waals surface area (Å²) >= 11 is 0. The number of rotatable bonds is 7. The highest BCUT2D eigenvalue weighted by Gasteiger charge is 2.43. The van der Waals surface area contributed by atoms with Crippen LogP contribution in [0.2, 0.25) is 0 Å². The first-order chi connectivity index (χ1) is 16.4. The molecule has 0 fully saturated rings. The fraction of sp³-hybridized carbons (Fsp3) is 0.143. The Morgan fingerprint density at radius 2 is 1.44 bits per heavy atom. The molecule has 0 radical (unpaired) electrons. The fourth-order valence-corrected chi connectivity index (χ4v) is 3.87. The molecule has 0 aliphatic heterocycles. The molecule has 172 valence electrons. The third kappa shape index (κ3) is 5.52. The SMILES string of the molecule is O=C(c1ccccc1-c1ccccc1)N(c1ccc(CCCc2ccccn2)cc1)C(F)(F)F. The third-order valence-electron chi connectivity index (χ3n) is 5.52. The normalized spacial score (nSPS) is 11.3. The maximum absolute atomic E-state index is 14.1. The molecule has 0 N–H and O–H groups in total. The maximum Gasteiger partial charge on any atom is 0.491 e. The van der Waals surface area contributed by atoms with Crippen LogP contribution in [0.25, 0.3) is 11.1 Å². The molecule has 1 heterocycles. The lowest BCUT2D eigenvalue weighted by Gasteiger charge is -2.26. The Bertz CT molecular complexity index is 1220. The van der Waals surface area contributed by atoms with Crippen molar-refractivity contribution >= 4 is 11.6 Å². The molecule has 6 heteroatoms. The first kappa shape index (κ1) is 23.2. The van der Waals surface area contributed by atoms with Gasteiger partial charge in [-0.2, -0.15) is 0 Å². The highest BCUT2D eigenvalue weighted by atomic mass is 19.4. The average Bonchev–Trinajstić information content (AvgIpc) is 2.85. The van der Waals surface area contributed by atoms with Gasteiger partial charge in [-0.15, -0.1) is 13.2 Å². The highest BCUT2D eigenvalue weighted by Crippen LogP contribution is 2.33. The number of aromatic nitrogens is 1. The Morgan fingerprint density at radius 3 is 2.12 bits per heavy atom. The molecular weight excluding hydrogens is 437 g/mol. The molecule has 0 unspecified atom stereocenters. The summed E-state index contributed by atoms with van der Waals surface area (Å²) in [4.78, 5) is 17.4. The molecule has 34 heavy (non-hydrogen) atoms. The Morgan fingerprint density at radius 1 is 0.765 bits per heavy atom. The second-order valence-electron chi connectivity index (χ2n) is 7.86. The zero-order valence-electron chi connectivity index (χ0n) is 18.4. The van der Waals surface area contributed by atoms with Crippen LogP contribution < -0.4 is 4.90 Å². The summed E-state index contributed by atoms with van der Waals surface area (Å²) in [5.41, 5.74) is 2.79. The van der Waals surface area contributed by atoms with Gasteiger partial charge in [0.2, 0.25) is 0 Å². The van der Waals surface area contributed by atoms with Crippen LogP contribution in [-0.4, -0.2) is 17.2 Å². The molecule has 3 nitrogen and oxygen atoms in total. The van der Waals surface area contributed by atoms with Gasteiger partial charge >= 0.3 is 6.30 Å². The lowest BCUT2D eigenvalue weighted by Crippen LogP contribution is -2.43. The second kappa shape index (κ2) is 10.3. The van der Waals surface area contributed by atoms with E-state index in [0.29, 0.717) is 17.5 Å². The summed E-state index contributed by atoms with van der Waals surface area (Å²) < 4.78 is 42.2. The molecule has 0 saturated carbocycles. The molecule has 4 rings (SSSR count). The van der Waals surface area contributed by atoms with Crippen LogP contribution in [0.5, 0.6) is 0 Å². The van der Waals surface area contributed by atoms with Gasteiger partial charge in [-0.25, -0.2) is 4.90 Å². The second-order valence-corrected chi connectivity index (χ2v) is 7.86. The smallest absolute Gasteiger partial charge is 0.268 e. The number of aryl methyl sites for hydroxylation is 2. The number of carbonyl (C=O) groups is 1. The van der Waals surface area contributed by atoms with Gasteiger partial charge in [0.1, 0.15) is 0 Å². The summed E-state index contributed by atoms with van der Waals surface area (Å²) in [5.74, 6) is -1.12. The van der Waals surface area contributed by atoms with Crippen molar-refractivity contribution in [1.82, 2.24) is 4.98 Å². The molecule has 0 aliphatic carbocycles. The number of alkyl halides is 3. The van der Waals surface area contributed by atoms with E-state index in [0.717, 1.165) is 24.1 Å². The van der Waals surface area contributed by atoms with Crippen LogP contribution in [-0.2, 0) is 12.8 Å². The van der Waals surface area contributed by atoms with Gasteiger partial charge in [-0.3, -0.25) is 9.78 Å². The summed E-state index contributed by atoms with van der Waals surface area (Å²) in [6.45, 7) is 0. The van der Waals surface area contributed by atoms with Crippen LogP contribution in [0.15, 0.2) is 103 Å². The topological polar surface area (TPSA) is 33.2 Å². The van der Waals surface area contributed by atoms with E-state index in [1.54, 1.807) is 60.8 Å². The zero-order valence-corrected chi connectivity index (χ0v) is 18.4. The third-order valence-corrected chi connectivity index (χ3v) is 5.52. The van der Waals surface area contributed by atoms with Crippen LogP contribution in [0.1, 0.15) is 28.0 Å². The molecule has 0 spiro atoms. The molecule has 0 bridgehead atoms. The summed E-state index contributed by atoms with van der Waals surface area (Å²) in [5, 5.41) is 0. The van der Waals surface area contributed by atoms with Crippen molar-refractivity contribution in [3.63, 3.8) is 0 Å². The summed E-state index contributed by atoms with van der Waals surface area (Å²) in [6.07, 6.45) is -0.827. The molecular formula is C28H23F3N2O. The van der Waals surface area contributed by atoms with Gasteiger partial charge in [0.25, 0.3) is 5.91 Å². The van der Waals surface area contributed by atoms with E-state index in [9.17, 15) is 18.0 Å². The Labute approximate surface area is 196 Å². The molecule has 1 aromatic heterocycles. The number of hydrogen-bond donors (Lipinski definition) is 0. The summed E-state index contributed by atoms with van der Waals surface area (Å²) in [6, 6.07) is 27.0. The molecule has 0 saturated heterocycles. The molecule has 0 atom stereocenters. The Balaban J connectivity index is 1.56. The van der Waals surface area contributed by atoms with E-state index in [-0.39, 0.29) is 16.2 Å². The zero-order chi connectivity index (χ0) is 24.0. The minimum absolute atomic E-state index is 0.00883. The van der Waals surface area contributed by atoms with Crippen LogP contribution in [0.3, 0.4) is 0 Å². The van der Waals surface area contributed by atoms with Crippen molar-refractivity contribution in [2.45, 2.75) is 25.6 Å². The number of amides is 1. The van der Waals surface area contributed by atoms with Gasteiger partial charge in [0, 0.05) is 17.5 Å². The van der Waals surface area contributed by atoms with Gasteiger partial charge in [0.15, 0.2) is 0 Å². The number of benzene rings is 3. The number of halogens is 3. The molecule has 3 aromatic carbocycles. The van der Waals surface area contributed by atoms with Crippen molar-refractivity contribution in [2.75, 3.05) is 4.90 Å². The number of nitrogens with zero attached hydrogens (tertiary/aromatic N) is 2. The number of pyridine rings is 1. The van der Waals surface area contributed by atoms with Crippen molar-refractivity contribution in [1.29, 1.82) is 0 Å². The Kier molecular flexibility index (Phi) is 7.07. The predicted octanol–water partition coefficient (Wildman–Crippen LogP) is 7.09. The maximum atomic E-state index is 14.1. The summed E-state index contributed by atoms with van der Waals surface area (Å²) in [7, 11) is 0. The van der Waals surface area contributed by atoms with Gasteiger partial charge in [-0.05, 0) is 66.3 Å². The monoisotopic (exact) mass is 460 g/mol. The van der Waals surface area contributed by atoms with Crippen molar-refractivity contribution in [2.24, 2.45) is 0 Å². The van der Waals surface area contributed by atoms with Crippen LogP contribution in [0, 0.1) is 0 Å². The standard InChI is InChI=1S/C28H23F3N2O/c29-28(30,31)33(27(34)26-15-5-4-14-25(26)22-10-2-1-3-11-22)24-18-16-21(17-19-24)9-8-13-23-12-6-7-20-32-23/h1-7,10-12,14-20H,8-9,13H2. The molecule has 1 amide bonds. The van der Waals surface area contributed by atoms with E-state index in [4.69, 9.17) is 0 Å². The van der Waals surface area contributed by atoms with E-state index in [1.807, 2.05) is 24.3 Å². The first-order valence-corrected chi connectivity index (χ1v) is 11.0. The van der Waals surface area contributed by atoms with Crippen LogP contribution >= 0.6 is 0 Å². The largest absolute Gasteiger partial charge is 0.491 e. The highest BCUT2D eigenvalue weighted by molar-refractivity contribution is 6.10. The quantitative estimate of drug-likeness (QED) is 0.276. The van der Waals surface area contributed by atoms with Gasteiger partial charge < -0.3 is 0 Å². The number of anilines is 1. The van der Waals surface area contributed by atoms with Gasteiger partial charge in [0.05, 0.1) is 5.69 Å². The average molecular weight is 460 g/mol. The minimum Gasteiger partial charge on any atom is -0.268 e. The van der Waals surface area contributed by atoms with Crippen molar-refractivity contribution in [3.8, 4) is 11.1 Å². The van der Waals surface area contributed by atoms with Crippen molar-refractivity contribution < 1.29 is 18.0 Å². The lowest BCUT2D eigenvalue weighted by atomic mass is 9.98. The van der Waals surface area contributed by atoms with E-state index < -0.39 is 12.2 Å². The van der Waals surface area contributed by atoms with E-state index in [1.165, 1.54) is 18.2 Å². The lowest BCUT2D eigenvalue weighted by molar-refractivity contribution is -0.122. The number of hydrogen-bond acceptors (Lipinski definition) is 2. The fourth-order valence-electron chi connectivity index (χ4n) is 3.87. The Hall–Kier alpha value is -3.93.